The van der Waals surface area contributed by atoms with Crippen LogP contribution in [-0.2, 0) is 4.79 Å². The second-order valence-electron chi connectivity index (χ2n) is 7.87. The van der Waals surface area contributed by atoms with Crippen molar-refractivity contribution in [3.05, 3.63) is 71.7 Å². The maximum absolute atomic E-state index is 13.1. The molecular formula is C23H22FN3O2. The lowest BCUT2D eigenvalue weighted by atomic mass is 10.1. The number of carbonyl (C=O) groups excluding carboxylic acids is 2. The summed E-state index contributed by atoms with van der Waals surface area (Å²) in [6.45, 7) is 2.19. The number of fused-ring (bicyclic) bond motifs is 1. The number of amides is 2. The van der Waals surface area contributed by atoms with Crippen molar-refractivity contribution in [1.29, 1.82) is 0 Å². The van der Waals surface area contributed by atoms with E-state index in [9.17, 15) is 14.0 Å². The van der Waals surface area contributed by atoms with E-state index in [2.05, 4.69) is 4.98 Å². The van der Waals surface area contributed by atoms with Crippen LogP contribution in [0, 0.1) is 11.7 Å². The van der Waals surface area contributed by atoms with Gasteiger partial charge in [-0.2, -0.15) is 0 Å². The van der Waals surface area contributed by atoms with Crippen LogP contribution < -0.4 is 0 Å². The standard InChI is InChI=1S/C23H22FN3O2/c24-16-7-5-15(6-8-16)18-13-19(18)22(28)26-9-11-27(12-10-26)23(29)20-14-25-21-4-2-1-3-17(20)21/h1-8,14,18-19,25H,9-13H2/t18-,19+/m0/s1. The lowest BCUT2D eigenvalue weighted by molar-refractivity contribution is -0.134. The Kier molecular flexibility index (Phi) is 4.34. The average Bonchev–Trinajstić information content (AvgIpc) is 3.44. The van der Waals surface area contributed by atoms with Crippen LogP contribution in [0.2, 0.25) is 0 Å². The van der Waals surface area contributed by atoms with Gasteiger partial charge in [-0.05, 0) is 36.1 Å². The van der Waals surface area contributed by atoms with E-state index in [1.54, 1.807) is 18.3 Å². The molecule has 1 saturated carbocycles. The zero-order valence-corrected chi connectivity index (χ0v) is 16.0. The van der Waals surface area contributed by atoms with Crippen molar-refractivity contribution in [3.63, 3.8) is 0 Å². The molecule has 2 heterocycles. The summed E-state index contributed by atoms with van der Waals surface area (Å²) >= 11 is 0. The Hall–Kier alpha value is -3.15. The number of carbonyl (C=O) groups is 2. The van der Waals surface area contributed by atoms with E-state index in [0.717, 1.165) is 22.9 Å². The van der Waals surface area contributed by atoms with Crippen LogP contribution in [0.4, 0.5) is 4.39 Å². The molecule has 1 saturated heterocycles. The SMILES string of the molecule is O=C(c1c[nH]c2ccccc12)N1CCN(C(=O)[C@@H]2C[C@H]2c2ccc(F)cc2)CC1. The first-order chi connectivity index (χ1) is 14.1. The average molecular weight is 391 g/mol. The number of aromatic amines is 1. The second-order valence-corrected chi connectivity index (χ2v) is 7.87. The maximum Gasteiger partial charge on any atom is 0.256 e. The van der Waals surface area contributed by atoms with Crippen molar-refractivity contribution >= 4 is 22.7 Å². The van der Waals surface area contributed by atoms with Crippen molar-refractivity contribution in [2.75, 3.05) is 26.2 Å². The Bertz CT molecular complexity index is 1070. The van der Waals surface area contributed by atoms with E-state index in [1.807, 2.05) is 34.1 Å². The first kappa shape index (κ1) is 17.9. The molecule has 6 heteroatoms. The fraction of sp³-hybridized carbons (Fsp3) is 0.304. The molecule has 2 aromatic carbocycles. The number of H-pyrrole nitrogens is 1. The summed E-state index contributed by atoms with van der Waals surface area (Å²) in [6, 6.07) is 14.2. The molecule has 3 aromatic rings. The number of halogens is 1. The third-order valence-electron chi connectivity index (χ3n) is 6.10. The van der Waals surface area contributed by atoms with Crippen LogP contribution in [-0.4, -0.2) is 52.8 Å². The summed E-state index contributed by atoms with van der Waals surface area (Å²) in [5.74, 6) is 0.0715. The van der Waals surface area contributed by atoms with Gasteiger partial charge in [0.25, 0.3) is 5.91 Å². The summed E-state index contributed by atoms with van der Waals surface area (Å²) in [5.41, 5.74) is 2.65. The summed E-state index contributed by atoms with van der Waals surface area (Å²) < 4.78 is 13.1. The zero-order valence-electron chi connectivity index (χ0n) is 16.0. The molecule has 0 unspecified atom stereocenters. The molecule has 2 fully saturated rings. The number of hydrogen-bond acceptors (Lipinski definition) is 2. The number of nitrogens with one attached hydrogen (secondary N) is 1. The van der Waals surface area contributed by atoms with Gasteiger partial charge in [0.15, 0.2) is 0 Å². The highest BCUT2D eigenvalue weighted by molar-refractivity contribution is 6.06. The van der Waals surface area contributed by atoms with Crippen molar-refractivity contribution in [3.8, 4) is 0 Å². The molecule has 1 N–H and O–H groups in total. The maximum atomic E-state index is 13.1. The van der Waals surface area contributed by atoms with Crippen LogP contribution in [0.3, 0.4) is 0 Å². The van der Waals surface area contributed by atoms with E-state index in [1.165, 1.54) is 12.1 Å². The van der Waals surface area contributed by atoms with Gasteiger partial charge in [-0.25, -0.2) is 4.39 Å². The molecule has 29 heavy (non-hydrogen) atoms. The molecule has 2 aliphatic rings. The predicted octanol–water partition coefficient (Wildman–Crippen LogP) is 3.40. The monoisotopic (exact) mass is 391 g/mol. The largest absolute Gasteiger partial charge is 0.360 e. The van der Waals surface area contributed by atoms with Crippen molar-refractivity contribution in [2.45, 2.75) is 12.3 Å². The molecule has 2 amide bonds. The highest BCUT2D eigenvalue weighted by atomic mass is 19.1. The Balaban J connectivity index is 1.20. The molecule has 5 nitrogen and oxygen atoms in total. The normalized spacial score (nSPS) is 21.4. The van der Waals surface area contributed by atoms with Gasteiger partial charge in [0.05, 0.1) is 5.56 Å². The Morgan fingerprint density at radius 1 is 0.931 bits per heavy atom. The fourth-order valence-corrected chi connectivity index (χ4v) is 4.33. The van der Waals surface area contributed by atoms with Gasteiger partial charge in [0, 0.05) is 49.2 Å². The van der Waals surface area contributed by atoms with E-state index in [4.69, 9.17) is 0 Å². The van der Waals surface area contributed by atoms with Crippen molar-refractivity contribution in [1.82, 2.24) is 14.8 Å². The minimum atomic E-state index is -0.256. The Labute approximate surface area is 168 Å². The third kappa shape index (κ3) is 3.28. The van der Waals surface area contributed by atoms with Crippen molar-refractivity contribution in [2.24, 2.45) is 5.92 Å². The summed E-state index contributed by atoms with van der Waals surface area (Å²) in [4.78, 5) is 32.6. The van der Waals surface area contributed by atoms with Gasteiger partial charge >= 0.3 is 0 Å². The lowest BCUT2D eigenvalue weighted by Gasteiger charge is -2.35. The minimum Gasteiger partial charge on any atom is -0.360 e. The second kappa shape index (κ2) is 7.03. The van der Waals surface area contributed by atoms with E-state index < -0.39 is 0 Å². The van der Waals surface area contributed by atoms with Gasteiger partial charge in [-0.1, -0.05) is 30.3 Å². The van der Waals surface area contributed by atoms with E-state index in [-0.39, 0.29) is 29.5 Å². The lowest BCUT2D eigenvalue weighted by Crippen LogP contribution is -2.51. The smallest absolute Gasteiger partial charge is 0.256 e. The van der Waals surface area contributed by atoms with Gasteiger partial charge in [0.1, 0.15) is 5.82 Å². The molecule has 0 spiro atoms. The number of nitrogens with zero attached hydrogens (tertiary/aromatic N) is 2. The molecule has 148 valence electrons. The summed E-state index contributed by atoms with van der Waals surface area (Å²) in [7, 11) is 0. The highest BCUT2D eigenvalue weighted by Gasteiger charge is 2.46. The number of hydrogen-bond donors (Lipinski definition) is 1. The number of para-hydroxylation sites is 1. The first-order valence-corrected chi connectivity index (χ1v) is 10.0. The summed E-state index contributed by atoms with van der Waals surface area (Å²) in [6.07, 6.45) is 2.58. The minimum absolute atomic E-state index is 0.00478. The first-order valence-electron chi connectivity index (χ1n) is 10.0. The van der Waals surface area contributed by atoms with Crippen LogP contribution in [0.15, 0.2) is 54.7 Å². The Morgan fingerprint density at radius 3 is 2.38 bits per heavy atom. The molecule has 5 rings (SSSR count). The third-order valence-corrected chi connectivity index (χ3v) is 6.10. The molecule has 0 radical (unpaired) electrons. The summed E-state index contributed by atoms with van der Waals surface area (Å²) in [5, 5.41) is 0.927. The predicted molar refractivity (Wildman–Crippen MR) is 108 cm³/mol. The van der Waals surface area contributed by atoms with Gasteiger partial charge in [0.2, 0.25) is 5.91 Å². The van der Waals surface area contributed by atoms with Crippen LogP contribution in [0.25, 0.3) is 10.9 Å². The number of aromatic nitrogens is 1. The van der Waals surface area contributed by atoms with Gasteiger partial charge < -0.3 is 14.8 Å². The molecule has 1 aromatic heterocycles. The fourth-order valence-electron chi connectivity index (χ4n) is 4.33. The zero-order chi connectivity index (χ0) is 20.0. The molecular weight excluding hydrogens is 369 g/mol. The molecule has 0 bridgehead atoms. The topological polar surface area (TPSA) is 56.4 Å². The van der Waals surface area contributed by atoms with Crippen molar-refractivity contribution < 1.29 is 14.0 Å². The number of piperazine rings is 1. The Morgan fingerprint density at radius 2 is 1.62 bits per heavy atom. The quantitative estimate of drug-likeness (QED) is 0.744. The van der Waals surface area contributed by atoms with Crippen LogP contribution >= 0.6 is 0 Å². The number of rotatable bonds is 3. The van der Waals surface area contributed by atoms with Gasteiger partial charge in [-0.3, -0.25) is 9.59 Å². The number of benzene rings is 2. The van der Waals surface area contributed by atoms with E-state index in [0.29, 0.717) is 31.7 Å². The highest BCUT2D eigenvalue weighted by Crippen LogP contribution is 2.48. The van der Waals surface area contributed by atoms with Crippen LogP contribution in [0.5, 0.6) is 0 Å². The molecule has 2 atom stereocenters. The van der Waals surface area contributed by atoms with E-state index >= 15 is 0 Å². The molecule has 1 aliphatic heterocycles. The van der Waals surface area contributed by atoms with Gasteiger partial charge in [-0.15, -0.1) is 0 Å². The van der Waals surface area contributed by atoms with Crippen LogP contribution in [0.1, 0.15) is 28.3 Å². The molecule has 1 aliphatic carbocycles.